The van der Waals surface area contributed by atoms with E-state index in [4.69, 9.17) is 4.52 Å². The number of carbonyl (C=O) groups excluding carboxylic acids is 1. The van der Waals surface area contributed by atoms with Crippen LogP contribution in [0.15, 0.2) is 74.0 Å². The maximum atomic E-state index is 12.4. The molecule has 1 N–H and O–H groups in total. The average Bonchev–Trinajstić information content (AvgIpc) is 3.38. The van der Waals surface area contributed by atoms with E-state index in [-0.39, 0.29) is 11.6 Å². The Kier molecular flexibility index (Phi) is 5.84. The summed E-state index contributed by atoms with van der Waals surface area (Å²) in [4.78, 5) is 12.4. The van der Waals surface area contributed by atoms with Gasteiger partial charge in [0.15, 0.2) is 15.8 Å². The van der Waals surface area contributed by atoms with Gasteiger partial charge in [0.1, 0.15) is 0 Å². The number of rotatable bonds is 6. The van der Waals surface area contributed by atoms with Crippen LogP contribution in [-0.4, -0.2) is 21.3 Å². The summed E-state index contributed by atoms with van der Waals surface area (Å²) < 4.78 is 7.09. The number of amides is 1. The molecule has 6 nitrogen and oxygen atoms in total. The van der Waals surface area contributed by atoms with Gasteiger partial charge in [-0.2, -0.15) is 0 Å². The highest BCUT2D eigenvalue weighted by Gasteiger charge is 2.16. The molecule has 140 valence electrons. The Morgan fingerprint density at radius 3 is 2.68 bits per heavy atom. The fraction of sp³-hybridized carbons (Fsp3) is 0.0526. The van der Waals surface area contributed by atoms with Crippen molar-refractivity contribution in [3.63, 3.8) is 0 Å². The molecule has 2 heterocycles. The van der Waals surface area contributed by atoms with Crippen molar-refractivity contribution in [3.05, 3.63) is 76.4 Å². The zero-order chi connectivity index (χ0) is 19.3. The molecule has 2 aromatic carbocycles. The Bertz CT molecular complexity index is 1080. The molecule has 0 saturated heterocycles. The minimum Gasteiger partial charge on any atom is -0.355 e. The second-order valence-electron chi connectivity index (χ2n) is 5.68. The first-order valence-electron chi connectivity index (χ1n) is 8.21. The lowest BCUT2D eigenvalue weighted by molar-refractivity contribution is 0.101. The van der Waals surface area contributed by atoms with Crippen molar-refractivity contribution >= 4 is 50.1 Å². The number of anilines is 1. The largest absolute Gasteiger partial charge is 0.355 e. The molecule has 0 aliphatic heterocycles. The SMILES string of the molecule is O=C(Nc1nnc(SCc2ccc(Br)cc2)s1)c1cc(-c2ccccc2)on1. The summed E-state index contributed by atoms with van der Waals surface area (Å²) in [5.41, 5.74) is 2.24. The van der Waals surface area contributed by atoms with Crippen LogP contribution in [0.2, 0.25) is 0 Å². The first kappa shape index (κ1) is 18.9. The van der Waals surface area contributed by atoms with Crippen LogP contribution in [0.5, 0.6) is 0 Å². The Labute approximate surface area is 177 Å². The number of halogens is 1. The summed E-state index contributed by atoms with van der Waals surface area (Å²) in [6.45, 7) is 0. The average molecular weight is 473 g/mol. The Morgan fingerprint density at radius 1 is 1.11 bits per heavy atom. The maximum Gasteiger partial charge on any atom is 0.279 e. The number of thioether (sulfide) groups is 1. The van der Waals surface area contributed by atoms with E-state index in [9.17, 15) is 4.79 Å². The predicted octanol–water partition coefficient (Wildman–Crippen LogP) is 5.50. The zero-order valence-electron chi connectivity index (χ0n) is 14.3. The molecule has 0 radical (unpaired) electrons. The Morgan fingerprint density at radius 2 is 1.89 bits per heavy atom. The highest BCUT2D eigenvalue weighted by molar-refractivity contribution is 9.10. The number of carbonyl (C=O) groups is 1. The number of hydrogen-bond acceptors (Lipinski definition) is 7. The molecule has 0 atom stereocenters. The highest BCUT2D eigenvalue weighted by atomic mass is 79.9. The molecule has 0 aliphatic rings. The zero-order valence-corrected chi connectivity index (χ0v) is 17.6. The molecule has 28 heavy (non-hydrogen) atoms. The highest BCUT2D eigenvalue weighted by Crippen LogP contribution is 2.29. The molecule has 0 bridgehead atoms. The van der Waals surface area contributed by atoms with Crippen LogP contribution in [0.1, 0.15) is 16.1 Å². The monoisotopic (exact) mass is 472 g/mol. The maximum absolute atomic E-state index is 12.4. The number of hydrogen-bond donors (Lipinski definition) is 1. The van der Waals surface area contributed by atoms with Gasteiger partial charge >= 0.3 is 0 Å². The quantitative estimate of drug-likeness (QED) is 0.294. The third kappa shape index (κ3) is 4.67. The van der Waals surface area contributed by atoms with Crippen molar-refractivity contribution in [1.29, 1.82) is 0 Å². The van der Waals surface area contributed by atoms with Crippen LogP contribution in [0.4, 0.5) is 5.13 Å². The lowest BCUT2D eigenvalue weighted by Gasteiger charge is -1.98. The van der Waals surface area contributed by atoms with Gasteiger partial charge in [0.2, 0.25) is 5.13 Å². The van der Waals surface area contributed by atoms with Crippen molar-refractivity contribution in [2.45, 2.75) is 10.1 Å². The second kappa shape index (κ2) is 8.68. The Hall–Kier alpha value is -2.49. The molecule has 0 spiro atoms. The lowest BCUT2D eigenvalue weighted by Crippen LogP contribution is -2.11. The third-order valence-corrected chi connectivity index (χ3v) is 6.28. The molecular formula is C19H13BrN4O2S2. The predicted molar refractivity (Wildman–Crippen MR) is 114 cm³/mol. The first-order valence-corrected chi connectivity index (χ1v) is 10.8. The minimum absolute atomic E-state index is 0.193. The van der Waals surface area contributed by atoms with Crippen LogP contribution < -0.4 is 5.32 Å². The normalized spacial score (nSPS) is 10.8. The topological polar surface area (TPSA) is 80.9 Å². The van der Waals surface area contributed by atoms with Crippen LogP contribution >= 0.6 is 39.0 Å². The summed E-state index contributed by atoms with van der Waals surface area (Å²) in [6, 6.07) is 19.2. The molecule has 4 rings (SSSR count). The van der Waals surface area contributed by atoms with E-state index >= 15 is 0 Å². The van der Waals surface area contributed by atoms with Crippen LogP contribution in [0, 0.1) is 0 Å². The fourth-order valence-corrected chi connectivity index (χ4v) is 4.29. The fourth-order valence-electron chi connectivity index (χ4n) is 2.33. The number of nitrogens with zero attached hydrogens (tertiary/aromatic N) is 3. The molecule has 0 saturated carbocycles. The van der Waals surface area contributed by atoms with Crippen molar-refractivity contribution in [2.24, 2.45) is 0 Å². The smallest absolute Gasteiger partial charge is 0.279 e. The molecule has 2 aromatic heterocycles. The molecule has 1 amide bonds. The van der Waals surface area contributed by atoms with Gasteiger partial charge in [-0.3, -0.25) is 10.1 Å². The van der Waals surface area contributed by atoms with E-state index in [1.165, 1.54) is 16.9 Å². The van der Waals surface area contributed by atoms with Crippen LogP contribution in [-0.2, 0) is 5.75 Å². The standard InChI is InChI=1S/C19H13BrN4O2S2/c20-14-8-6-12(7-9-14)11-27-19-23-22-18(28-19)21-17(25)15-10-16(26-24-15)13-4-2-1-3-5-13/h1-10H,11H2,(H,21,22,25). The van der Waals surface area contributed by atoms with Gasteiger partial charge in [-0.25, -0.2) is 0 Å². The van der Waals surface area contributed by atoms with Gasteiger partial charge in [0.05, 0.1) is 0 Å². The van der Waals surface area contributed by atoms with E-state index in [1.807, 2.05) is 42.5 Å². The summed E-state index contributed by atoms with van der Waals surface area (Å²) in [6.07, 6.45) is 0. The second-order valence-corrected chi connectivity index (χ2v) is 8.80. The van der Waals surface area contributed by atoms with E-state index in [1.54, 1.807) is 17.8 Å². The minimum atomic E-state index is -0.383. The Balaban J connectivity index is 1.36. The van der Waals surface area contributed by atoms with E-state index in [0.29, 0.717) is 10.9 Å². The number of benzene rings is 2. The van der Waals surface area contributed by atoms with E-state index < -0.39 is 0 Å². The van der Waals surface area contributed by atoms with Gasteiger partial charge < -0.3 is 4.52 Å². The van der Waals surface area contributed by atoms with Gasteiger partial charge in [-0.1, -0.05) is 86.6 Å². The molecule has 0 fully saturated rings. The number of aromatic nitrogens is 3. The molecule has 9 heteroatoms. The van der Waals surface area contributed by atoms with Gasteiger partial charge in [-0.15, -0.1) is 10.2 Å². The first-order chi connectivity index (χ1) is 13.7. The van der Waals surface area contributed by atoms with Crippen molar-refractivity contribution in [2.75, 3.05) is 5.32 Å². The van der Waals surface area contributed by atoms with Crippen LogP contribution in [0.3, 0.4) is 0 Å². The van der Waals surface area contributed by atoms with E-state index in [0.717, 1.165) is 20.1 Å². The molecule has 4 aromatic rings. The summed E-state index contributed by atoms with van der Waals surface area (Å²) >= 11 is 6.31. The van der Waals surface area contributed by atoms with E-state index in [2.05, 4.69) is 48.7 Å². The number of nitrogens with one attached hydrogen (secondary N) is 1. The van der Waals surface area contributed by atoms with Crippen LogP contribution in [0.25, 0.3) is 11.3 Å². The van der Waals surface area contributed by atoms with Crippen molar-refractivity contribution in [3.8, 4) is 11.3 Å². The summed E-state index contributed by atoms with van der Waals surface area (Å²) in [7, 11) is 0. The van der Waals surface area contributed by atoms with Gasteiger partial charge in [0.25, 0.3) is 5.91 Å². The lowest BCUT2D eigenvalue weighted by atomic mass is 10.1. The molecule has 0 unspecified atom stereocenters. The molecule has 0 aliphatic carbocycles. The van der Waals surface area contributed by atoms with Crippen molar-refractivity contribution < 1.29 is 9.32 Å². The van der Waals surface area contributed by atoms with Crippen molar-refractivity contribution in [1.82, 2.24) is 15.4 Å². The summed E-state index contributed by atoms with van der Waals surface area (Å²) in [5.74, 6) is 0.930. The van der Waals surface area contributed by atoms with Gasteiger partial charge in [0, 0.05) is 21.9 Å². The van der Waals surface area contributed by atoms with Gasteiger partial charge in [-0.05, 0) is 17.7 Å². The third-order valence-electron chi connectivity index (χ3n) is 3.70. The molecular weight excluding hydrogens is 460 g/mol. The summed E-state index contributed by atoms with van der Waals surface area (Å²) in [5, 5.41) is 15.1.